The molecule has 0 aliphatic carbocycles. The Kier molecular flexibility index (Phi) is 5.41. The van der Waals surface area contributed by atoms with Crippen LogP contribution in [0.15, 0.2) is 0 Å². The van der Waals surface area contributed by atoms with E-state index in [1.165, 1.54) is 12.8 Å². The van der Waals surface area contributed by atoms with Crippen LogP contribution in [-0.4, -0.2) is 75.2 Å². The Labute approximate surface area is 109 Å². The summed E-state index contributed by atoms with van der Waals surface area (Å²) in [7, 11) is 2.01. The van der Waals surface area contributed by atoms with Crippen molar-refractivity contribution in [1.29, 1.82) is 0 Å². The van der Waals surface area contributed by atoms with Gasteiger partial charge in [0.25, 0.3) is 0 Å². The van der Waals surface area contributed by atoms with Crippen molar-refractivity contribution in [2.45, 2.75) is 12.8 Å². The van der Waals surface area contributed by atoms with Gasteiger partial charge in [-0.2, -0.15) is 0 Å². The first-order valence-electron chi connectivity index (χ1n) is 7.02. The highest BCUT2D eigenvalue weighted by molar-refractivity contribution is 5.78. The van der Waals surface area contributed by atoms with Gasteiger partial charge in [0.15, 0.2) is 0 Å². The van der Waals surface area contributed by atoms with Gasteiger partial charge in [-0.05, 0) is 45.4 Å². The molecule has 104 valence electrons. The van der Waals surface area contributed by atoms with Crippen molar-refractivity contribution in [3.8, 4) is 0 Å². The van der Waals surface area contributed by atoms with Gasteiger partial charge in [0.05, 0.1) is 19.8 Å². The second kappa shape index (κ2) is 7.07. The number of nitrogens with one attached hydrogen (secondary N) is 1. The molecular formula is C13H25N3O2. The number of nitrogens with zero attached hydrogens (tertiary/aromatic N) is 2. The van der Waals surface area contributed by atoms with Crippen LogP contribution >= 0.6 is 0 Å². The van der Waals surface area contributed by atoms with Gasteiger partial charge in [-0.1, -0.05) is 0 Å². The van der Waals surface area contributed by atoms with Crippen LogP contribution in [0.4, 0.5) is 0 Å². The van der Waals surface area contributed by atoms with Crippen LogP contribution in [0.5, 0.6) is 0 Å². The highest BCUT2D eigenvalue weighted by atomic mass is 16.5. The summed E-state index contributed by atoms with van der Waals surface area (Å²) in [6, 6.07) is 0. The molecule has 0 spiro atoms. The van der Waals surface area contributed by atoms with Crippen LogP contribution in [0, 0.1) is 5.92 Å². The van der Waals surface area contributed by atoms with Gasteiger partial charge in [-0.15, -0.1) is 0 Å². The maximum absolute atomic E-state index is 12.1. The molecule has 18 heavy (non-hydrogen) atoms. The third kappa shape index (κ3) is 3.93. The molecule has 1 amide bonds. The fraction of sp³-hybridized carbons (Fsp3) is 0.923. The zero-order valence-electron chi connectivity index (χ0n) is 11.4. The first-order valence-corrected chi connectivity index (χ1v) is 7.02. The van der Waals surface area contributed by atoms with Crippen LogP contribution in [-0.2, 0) is 9.53 Å². The van der Waals surface area contributed by atoms with E-state index in [9.17, 15) is 4.79 Å². The number of amides is 1. The van der Waals surface area contributed by atoms with Gasteiger partial charge >= 0.3 is 0 Å². The SMILES string of the molecule is CNCC1CCN(CC(=O)N2CCOCC2)CC1. The molecule has 2 aliphatic rings. The van der Waals surface area contributed by atoms with Crippen LogP contribution in [0.2, 0.25) is 0 Å². The largest absolute Gasteiger partial charge is 0.378 e. The average Bonchev–Trinajstić information content (AvgIpc) is 2.42. The molecule has 0 aromatic carbocycles. The van der Waals surface area contributed by atoms with Gasteiger partial charge in [-0.25, -0.2) is 0 Å². The lowest BCUT2D eigenvalue weighted by molar-refractivity contribution is -0.136. The molecule has 2 fully saturated rings. The predicted molar refractivity (Wildman–Crippen MR) is 70.5 cm³/mol. The second-order valence-corrected chi connectivity index (χ2v) is 5.27. The molecule has 2 rings (SSSR count). The molecule has 0 aromatic heterocycles. The summed E-state index contributed by atoms with van der Waals surface area (Å²) >= 11 is 0. The zero-order valence-corrected chi connectivity index (χ0v) is 11.4. The summed E-state index contributed by atoms with van der Waals surface area (Å²) in [5, 5.41) is 3.24. The smallest absolute Gasteiger partial charge is 0.236 e. The summed E-state index contributed by atoms with van der Waals surface area (Å²) in [4.78, 5) is 16.3. The predicted octanol–water partition coefficient (Wildman–Crippen LogP) is -0.223. The maximum atomic E-state index is 12.1. The summed E-state index contributed by atoms with van der Waals surface area (Å²) in [5.74, 6) is 1.05. The van der Waals surface area contributed by atoms with E-state index >= 15 is 0 Å². The minimum atomic E-state index is 0.269. The Hall–Kier alpha value is -0.650. The van der Waals surface area contributed by atoms with Gasteiger partial charge in [0.2, 0.25) is 5.91 Å². The quantitative estimate of drug-likeness (QED) is 0.754. The Balaban J connectivity index is 1.68. The number of ether oxygens (including phenoxy) is 1. The number of carbonyl (C=O) groups is 1. The van der Waals surface area contributed by atoms with Crippen molar-refractivity contribution in [3.63, 3.8) is 0 Å². The van der Waals surface area contributed by atoms with Crippen molar-refractivity contribution < 1.29 is 9.53 Å². The van der Waals surface area contributed by atoms with Gasteiger partial charge < -0.3 is 15.0 Å². The van der Waals surface area contributed by atoms with Crippen molar-refractivity contribution in [1.82, 2.24) is 15.1 Å². The first-order chi connectivity index (χ1) is 8.79. The Morgan fingerprint density at radius 2 is 1.89 bits per heavy atom. The molecule has 5 nitrogen and oxygen atoms in total. The topological polar surface area (TPSA) is 44.8 Å². The van der Waals surface area contributed by atoms with E-state index in [1.807, 2.05) is 11.9 Å². The summed E-state index contributed by atoms with van der Waals surface area (Å²) in [6.07, 6.45) is 2.41. The fourth-order valence-corrected chi connectivity index (χ4v) is 2.74. The third-order valence-electron chi connectivity index (χ3n) is 3.92. The minimum Gasteiger partial charge on any atom is -0.378 e. The molecule has 1 N–H and O–H groups in total. The van der Waals surface area contributed by atoms with Crippen LogP contribution in [0.25, 0.3) is 0 Å². The van der Waals surface area contributed by atoms with Crippen LogP contribution in [0.1, 0.15) is 12.8 Å². The van der Waals surface area contributed by atoms with Crippen LogP contribution < -0.4 is 5.32 Å². The molecule has 0 atom stereocenters. The molecule has 2 heterocycles. The molecule has 0 saturated carbocycles. The maximum Gasteiger partial charge on any atom is 0.236 e. The molecular weight excluding hydrogens is 230 g/mol. The van der Waals surface area contributed by atoms with Crippen molar-refractivity contribution >= 4 is 5.91 Å². The molecule has 2 aliphatic heterocycles. The molecule has 0 aromatic rings. The van der Waals surface area contributed by atoms with E-state index in [4.69, 9.17) is 4.74 Å². The highest BCUT2D eigenvalue weighted by Gasteiger charge is 2.23. The zero-order chi connectivity index (χ0) is 12.8. The molecule has 0 bridgehead atoms. The van der Waals surface area contributed by atoms with E-state index in [0.717, 1.165) is 38.6 Å². The summed E-state index contributed by atoms with van der Waals surface area (Å²) in [6.45, 7) is 6.71. The van der Waals surface area contributed by atoms with Crippen LogP contribution in [0.3, 0.4) is 0 Å². The number of likely N-dealkylation sites (tertiary alicyclic amines) is 1. The normalized spacial score (nSPS) is 23.3. The minimum absolute atomic E-state index is 0.269. The molecule has 2 saturated heterocycles. The molecule has 0 radical (unpaired) electrons. The highest BCUT2D eigenvalue weighted by Crippen LogP contribution is 2.16. The molecule has 5 heteroatoms. The number of carbonyl (C=O) groups excluding carboxylic acids is 1. The fourth-order valence-electron chi connectivity index (χ4n) is 2.74. The first kappa shape index (κ1) is 13.8. The van der Waals surface area contributed by atoms with Crippen molar-refractivity contribution in [3.05, 3.63) is 0 Å². The average molecular weight is 255 g/mol. The van der Waals surface area contributed by atoms with Crippen molar-refractivity contribution in [2.75, 3.05) is 59.5 Å². The lowest BCUT2D eigenvalue weighted by Gasteiger charge is -2.34. The summed E-state index contributed by atoms with van der Waals surface area (Å²) in [5.41, 5.74) is 0. The number of rotatable bonds is 4. The van der Waals surface area contributed by atoms with E-state index < -0.39 is 0 Å². The van der Waals surface area contributed by atoms with Crippen molar-refractivity contribution in [2.24, 2.45) is 5.92 Å². The Morgan fingerprint density at radius 1 is 1.22 bits per heavy atom. The van der Waals surface area contributed by atoms with Gasteiger partial charge in [-0.3, -0.25) is 9.69 Å². The number of morpholine rings is 1. The number of piperidine rings is 1. The lowest BCUT2D eigenvalue weighted by Crippen LogP contribution is -2.47. The van der Waals surface area contributed by atoms with E-state index in [-0.39, 0.29) is 5.91 Å². The summed E-state index contributed by atoms with van der Waals surface area (Å²) < 4.78 is 5.27. The number of hydrogen-bond acceptors (Lipinski definition) is 4. The monoisotopic (exact) mass is 255 g/mol. The standard InChI is InChI=1S/C13H25N3O2/c1-14-10-12-2-4-15(5-3-12)11-13(17)16-6-8-18-9-7-16/h12,14H,2-11H2,1H3. The van der Waals surface area contributed by atoms with E-state index in [2.05, 4.69) is 10.2 Å². The Morgan fingerprint density at radius 3 is 2.50 bits per heavy atom. The van der Waals surface area contributed by atoms with E-state index in [0.29, 0.717) is 19.8 Å². The second-order valence-electron chi connectivity index (χ2n) is 5.27. The van der Waals surface area contributed by atoms with Gasteiger partial charge in [0.1, 0.15) is 0 Å². The third-order valence-corrected chi connectivity index (χ3v) is 3.92. The van der Waals surface area contributed by atoms with Gasteiger partial charge in [0, 0.05) is 13.1 Å². The lowest BCUT2D eigenvalue weighted by atomic mass is 9.97. The van der Waals surface area contributed by atoms with E-state index in [1.54, 1.807) is 0 Å². The molecule has 0 unspecified atom stereocenters. The number of hydrogen-bond donors (Lipinski definition) is 1. The Bertz CT molecular complexity index is 259.